The Bertz CT molecular complexity index is 1120. The number of nitrogens with zero attached hydrogens (tertiary/aromatic N) is 2. The van der Waals surface area contributed by atoms with E-state index >= 15 is 0 Å². The van der Waals surface area contributed by atoms with Crippen LogP contribution in [0.5, 0.6) is 5.75 Å². The first-order chi connectivity index (χ1) is 14.4. The molecule has 0 atom stereocenters. The van der Waals surface area contributed by atoms with Gasteiger partial charge in [-0.15, -0.1) is 0 Å². The smallest absolute Gasteiger partial charge is 0.267 e. The van der Waals surface area contributed by atoms with Crippen molar-refractivity contribution >= 4 is 5.91 Å². The molecule has 0 saturated heterocycles. The molecular weight excluding hydrogens is 378 g/mol. The van der Waals surface area contributed by atoms with Gasteiger partial charge in [0.05, 0.1) is 12.8 Å². The molecular formula is C24H27N3O3. The largest absolute Gasteiger partial charge is 0.496 e. The van der Waals surface area contributed by atoms with Crippen LogP contribution in [0.3, 0.4) is 0 Å². The highest BCUT2D eigenvalue weighted by molar-refractivity contribution is 5.75. The molecule has 1 heterocycles. The summed E-state index contributed by atoms with van der Waals surface area (Å²) in [5.74, 6) is 0.537. The van der Waals surface area contributed by atoms with Crippen molar-refractivity contribution < 1.29 is 9.53 Å². The van der Waals surface area contributed by atoms with Gasteiger partial charge >= 0.3 is 0 Å². The fourth-order valence-electron chi connectivity index (χ4n) is 3.38. The third-order valence-electron chi connectivity index (χ3n) is 5.19. The number of aromatic nitrogens is 2. The summed E-state index contributed by atoms with van der Waals surface area (Å²) in [6, 6.07) is 15.0. The molecule has 0 bridgehead atoms. The maximum absolute atomic E-state index is 12.4. The summed E-state index contributed by atoms with van der Waals surface area (Å²) in [6.45, 7) is 6.45. The van der Waals surface area contributed by atoms with Gasteiger partial charge < -0.3 is 10.1 Å². The molecule has 2 aromatic carbocycles. The van der Waals surface area contributed by atoms with E-state index in [4.69, 9.17) is 4.74 Å². The van der Waals surface area contributed by atoms with Crippen LogP contribution in [0.2, 0.25) is 0 Å². The summed E-state index contributed by atoms with van der Waals surface area (Å²) in [7, 11) is 1.62. The molecule has 6 heteroatoms. The Labute approximate surface area is 176 Å². The van der Waals surface area contributed by atoms with Crippen LogP contribution in [0.15, 0.2) is 53.3 Å². The first-order valence-corrected chi connectivity index (χ1v) is 9.94. The van der Waals surface area contributed by atoms with Crippen LogP contribution in [0, 0.1) is 20.8 Å². The second-order valence-corrected chi connectivity index (χ2v) is 7.38. The lowest BCUT2D eigenvalue weighted by molar-refractivity contribution is -0.121. The average molecular weight is 405 g/mol. The zero-order chi connectivity index (χ0) is 21.7. The molecule has 3 aromatic rings. The quantitative estimate of drug-likeness (QED) is 0.655. The molecule has 0 spiro atoms. The fourth-order valence-corrected chi connectivity index (χ4v) is 3.38. The lowest BCUT2D eigenvalue weighted by atomic mass is 9.99. The van der Waals surface area contributed by atoms with E-state index in [1.54, 1.807) is 13.2 Å². The zero-order valence-electron chi connectivity index (χ0n) is 17.9. The number of benzene rings is 2. The van der Waals surface area contributed by atoms with Crippen molar-refractivity contribution in [2.24, 2.45) is 0 Å². The van der Waals surface area contributed by atoms with Crippen molar-refractivity contribution in [3.05, 3.63) is 81.1 Å². The summed E-state index contributed by atoms with van der Waals surface area (Å²) in [5, 5.41) is 7.28. The summed E-state index contributed by atoms with van der Waals surface area (Å²) in [6.07, 6.45) is 0.639. The Morgan fingerprint density at radius 3 is 2.53 bits per heavy atom. The molecule has 0 aliphatic rings. The van der Waals surface area contributed by atoms with Crippen molar-refractivity contribution in [2.45, 2.75) is 33.7 Å². The number of hydrogen-bond donors (Lipinski definition) is 1. The molecule has 156 valence electrons. The molecule has 0 aliphatic heterocycles. The summed E-state index contributed by atoms with van der Waals surface area (Å²) >= 11 is 0. The van der Waals surface area contributed by atoms with E-state index < -0.39 is 0 Å². The maximum atomic E-state index is 12.4. The molecule has 30 heavy (non-hydrogen) atoms. The van der Waals surface area contributed by atoms with Gasteiger partial charge in [-0.25, -0.2) is 4.68 Å². The zero-order valence-corrected chi connectivity index (χ0v) is 17.9. The summed E-state index contributed by atoms with van der Waals surface area (Å²) in [5.41, 5.74) is 5.80. The highest BCUT2D eigenvalue weighted by Gasteiger charge is 2.11. The molecule has 1 amide bonds. The number of nitrogens with one attached hydrogen (secondary N) is 1. The number of carbonyl (C=O) groups excluding carboxylic acids is 1. The molecule has 6 nitrogen and oxygen atoms in total. The van der Waals surface area contributed by atoms with Gasteiger partial charge in [-0.3, -0.25) is 9.59 Å². The van der Waals surface area contributed by atoms with Crippen LogP contribution in [0.4, 0.5) is 0 Å². The normalized spacial score (nSPS) is 10.7. The van der Waals surface area contributed by atoms with Gasteiger partial charge in [0.15, 0.2) is 0 Å². The number of hydrogen-bond acceptors (Lipinski definition) is 4. The van der Waals surface area contributed by atoms with Gasteiger partial charge in [0.2, 0.25) is 5.91 Å². The molecule has 3 rings (SSSR count). The SMILES string of the molecule is COc1ccccc1CCNC(=O)Cn1nc(-c2cc(C)c(C)cc2C)ccc1=O. The van der Waals surface area contributed by atoms with Gasteiger partial charge in [0, 0.05) is 18.2 Å². The van der Waals surface area contributed by atoms with E-state index in [9.17, 15) is 9.59 Å². The molecule has 0 saturated carbocycles. The van der Waals surface area contributed by atoms with Crippen LogP contribution in [-0.4, -0.2) is 29.3 Å². The fraction of sp³-hybridized carbons (Fsp3) is 0.292. The first-order valence-electron chi connectivity index (χ1n) is 9.94. The summed E-state index contributed by atoms with van der Waals surface area (Å²) in [4.78, 5) is 24.6. The Balaban J connectivity index is 1.69. The van der Waals surface area contributed by atoms with Crippen molar-refractivity contribution in [3.63, 3.8) is 0 Å². The number of rotatable bonds is 7. The van der Waals surface area contributed by atoms with Crippen molar-refractivity contribution in [1.82, 2.24) is 15.1 Å². The van der Waals surface area contributed by atoms with Crippen molar-refractivity contribution in [2.75, 3.05) is 13.7 Å². The van der Waals surface area contributed by atoms with E-state index in [0.717, 1.165) is 28.0 Å². The number of para-hydroxylation sites is 1. The third kappa shape index (κ3) is 4.95. The predicted octanol–water partition coefficient (Wildman–Crippen LogP) is 3.20. The minimum absolute atomic E-state index is 0.123. The van der Waals surface area contributed by atoms with E-state index in [-0.39, 0.29) is 18.0 Å². The maximum Gasteiger partial charge on any atom is 0.267 e. The van der Waals surface area contributed by atoms with Gasteiger partial charge in [-0.05, 0) is 67.6 Å². The van der Waals surface area contributed by atoms with Gasteiger partial charge in [0.1, 0.15) is 12.3 Å². The minimum atomic E-state index is -0.305. The second kappa shape index (κ2) is 9.39. The molecule has 1 aromatic heterocycles. The molecule has 0 unspecified atom stereocenters. The highest BCUT2D eigenvalue weighted by atomic mass is 16.5. The predicted molar refractivity (Wildman–Crippen MR) is 118 cm³/mol. The van der Waals surface area contributed by atoms with Crippen LogP contribution in [0.25, 0.3) is 11.3 Å². The standard InChI is InChI=1S/C24H27N3O3/c1-16-13-18(3)20(14-17(16)2)21-9-10-24(29)27(26-21)15-23(28)25-12-11-19-7-5-6-8-22(19)30-4/h5-10,13-14H,11-12,15H2,1-4H3,(H,25,28). The Morgan fingerprint density at radius 1 is 1.03 bits per heavy atom. The van der Waals surface area contributed by atoms with Gasteiger partial charge in [0.25, 0.3) is 5.56 Å². The summed E-state index contributed by atoms with van der Waals surface area (Å²) < 4.78 is 6.54. The number of methoxy groups -OCH3 is 1. The number of amides is 1. The topological polar surface area (TPSA) is 73.2 Å². The van der Waals surface area contributed by atoms with Crippen LogP contribution in [-0.2, 0) is 17.8 Å². The van der Waals surface area contributed by atoms with Crippen LogP contribution >= 0.6 is 0 Å². The Hall–Kier alpha value is -3.41. The monoisotopic (exact) mass is 405 g/mol. The van der Waals surface area contributed by atoms with Gasteiger partial charge in [-0.2, -0.15) is 5.10 Å². The lowest BCUT2D eigenvalue weighted by Gasteiger charge is -2.12. The highest BCUT2D eigenvalue weighted by Crippen LogP contribution is 2.24. The van der Waals surface area contributed by atoms with Crippen LogP contribution < -0.4 is 15.6 Å². The molecule has 0 aliphatic carbocycles. The molecule has 0 fully saturated rings. The number of ether oxygens (including phenoxy) is 1. The number of carbonyl (C=O) groups is 1. The average Bonchev–Trinajstić information content (AvgIpc) is 2.73. The van der Waals surface area contributed by atoms with E-state index in [0.29, 0.717) is 18.7 Å². The van der Waals surface area contributed by atoms with E-state index in [1.165, 1.54) is 16.3 Å². The second-order valence-electron chi connectivity index (χ2n) is 7.38. The molecule has 1 N–H and O–H groups in total. The third-order valence-corrected chi connectivity index (χ3v) is 5.19. The van der Waals surface area contributed by atoms with E-state index in [1.807, 2.05) is 38.1 Å². The Kier molecular flexibility index (Phi) is 6.67. The van der Waals surface area contributed by atoms with Gasteiger partial charge in [-0.1, -0.05) is 24.3 Å². The lowest BCUT2D eigenvalue weighted by Crippen LogP contribution is -2.34. The minimum Gasteiger partial charge on any atom is -0.496 e. The first kappa shape index (κ1) is 21.3. The van der Waals surface area contributed by atoms with E-state index in [2.05, 4.69) is 29.5 Å². The van der Waals surface area contributed by atoms with Crippen molar-refractivity contribution in [1.29, 1.82) is 0 Å². The number of aryl methyl sites for hydroxylation is 3. The van der Waals surface area contributed by atoms with Crippen molar-refractivity contribution in [3.8, 4) is 17.0 Å². The molecule has 0 radical (unpaired) electrons. The Morgan fingerprint density at radius 2 is 1.77 bits per heavy atom. The van der Waals surface area contributed by atoms with Crippen LogP contribution in [0.1, 0.15) is 22.3 Å².